The third-order valence-corrected chi connectivity index (χ3v) is 2.92. The number of nitro benzene ring substituents is 1. The highest BCUT2D eigenvalue weighted by molar-refractivity contribution is 5.35. The maximum Gasteiger partial charge on any atom is 0.304 e. The van der Waals surface area contributed by atoms with E-state index in [0.29, 0.717) is 6.54 Å². The fourth-order valence-electron chi connectivity index (χ4n) is 2.06. The molecule has 17 heavy (non-hydrogen) atoms. The van der Waals surface area contributed by atoms with Gasteiger partial charge < -0.3 is 5.73 Å². The Bertz CT molecular complexity index is 439. The first kappa shape index (κ1) is 11.9. The van der Waals surface area contributed by atoms with Crippen LogP contribution < -0.4 is 5.73 Å². The van der Waals surface area contributed by atoms with Crippen LogP contribution in [0.2, 0.25) is 0 Å². The van der Waals surface area contributed by atoms with Gasteiger partial charge in [0.05, 0.1) is 4.92 Å². The summed E-state index contributed by atoms with van der Waals surface area (Å²) >= 11 is 0. The fraction of sp³-hybridized carbons (Fsp3) is 0.455. The molecule has 0 bridgehead atoms. The Morgan fingerprint density at radius 1 is 1.59 bits per heavy atom. The molecule has 1 unspecified atom stereocenters. The zero-order chi connectivity index (χ0) is 12.4. The van der Waals surface area contributed by atoms with Gasteiger partial charge in [0.25, 0.3) is 0 Å². The van der Waals surface area contributed by atoms with Crippen molar-refractivity contribution in [2.45, 2.75) is 19.0 Å². The Labute approximate surface area is 98.2 Å². The Hall–Kier alpha value is -1.53. The van der Waals surface area contributed by atoms with Crippen molar-refractivity contribution >= 4 is 5.69 Å². The van der Waals surface area contributed by atoms with E-state index in [1.165, 1.54) is 12.1 Å². The summed E-state index contributed by atoms with van der Waals surface area (Å²) in [4.78, 5) is 11.9. The average molecular weight is 239 g/mol. The third kappa shape index (κ3) is 2.78. The lowest BCUT2D eigenvalue weighted by Crippen LogP contribution is -2.26. The number of hydrogen-bond donors (Lipinski definition) is 1. The molecule has 0 radical (unpaired) electrons. The van der Waals surface area contributed by atoms with E-state index < -0.39 is 16.4 Å². The number of nitro groups is 1. The van der Waals surface area contributed by atoms with E-state index in [1.54, 1.807) is 6.07 Å². The Kier molecular flexibility index (Phi) is 3.35. The van der Waals surface area contributed by atoms with E-state index in [0.717, 1.165) is 25.1 Å². The SMILES string of the molecule is NC1CCN(Cc2ccc([N+](=O)[O-])c(F)c2)C1. The number of benzene rings is 1. The molecule has 0 aliphatic carbocycles. The van der Waals surface area contributed by atoms with Crippen LogP contribution in [0, 0.1) is 15.9 Å². The number of hydrogen-bond acceptors (Lipinski definition) is 4. The molecular formula is C11H14FN3O2. The number of likely N-dealkylation sites (tertiary alicyclic amines) is 1. The first-order valence-corrected chi connectivity index (χ1v) is 5.47. The lowest BCUT2D eigenvalue weighted by molar-refractivity contribution is -0.387. The van der Waals surface area contributed by atoms with Crippen molar-refractivity contribution in [2.24, 2.45) is 5.73 Å². The van der Waals surface area contributed by atoms with Gasteiger partial charge in [-0.05, 0) is 18.1 Å². The van der Waals surface area contributed by atoms with Crippen molar-refractivity contribution in [3.8, 4) is 0 Å². The quantitative estimate of drug-likeness (QED) is 0.636. The van der Waals surface area contributed by atoms with Gasteiger partial charge >= 0.3 is 5.69 Å². The highest BCUT2D eigenvalue weighted by atomic mass is 19.1. The van der Waals surface area contributed by atoms with Gasteiger partial charge in [-0.3, -0.25) is 15.0 Å². The standard InChI is InChI=1S/C11H14FN3O2/c12-10-5-8(1-2-11(10)15(16)17)6-14-4-3-9(13)7-14/h1-2,5,9H,3-4,6-7,13H2. The largest absolute Gasteiger partial charge is 0.326 e. The van der Waals surface area contributed by atoms with Crippen LogP contribution in [0.1, 0.15) is 12.0 Å². The minimum Gasteiger partial charge on any atom is -0.326 e. The maximum absolute atomic E-state index is 13.4. The van der Waals surface area contributed by atoms with Crippen LogP contribution in [0.25, 0.3) is 0 Å². The minimum atomic E-state index is -0.781. The zero-order valence-electron chi connectivity index (χ0n) is 9.30. The topological polar surface area (TPSA) is 72.4 Å². The van der Waals surface area contributed by atoms with Crippen LogP contribution in [0.15, 0.2) is 18.2 Å². The molecule has 1 aromatic rings. The summed E-state index contributed by atoms with van der Waals surface area (Å²) < 4.78 is 13.4. The molecule has 1 fully saturated rings. The van der Waals surface area contributed by atoms with Crippen LogP contribution in [-0.2, 0) is 6.54 Å². The predicted molar refractivity (Wildman–Crippen MR) is 60.9 cm³/mol. The summed E-state index contributed by atoms with van der Waals surface area (Å²) in [5.41, 5.74) is 6.03. The summed E-state index contributed by atoms with van der Waals surface area (Å²) in [6.07, 6.45) is 0.940. The van der Waals surface area contributed by atoms with Gasteiger partial charge in [0.2, 0.25) is 5.82 Å². The van der Waals surface area contributed by atoms with E-state index in [-0.39, 0.29) is 6.04 Å². The molecule has 1 heterocycles. The lowest BCUT2D eigenvalue weighted by atomic mass is 10.2. The molecule has 0 amide bonds. The van der Waals surface area contributed by atoms with Crippen molar-refractivity contribution in [1.82, 2.24) is 4.90 Å². The molecule has 1 aromatic carbocycles. The van der Waals surface area contributed by atoms with E-state index in [2.05, 4.69) is 4.90 Å². The van der Waals surface area contributed by atoms with Crippen LogP contribution in [0.3, 0.4) is 0 Å². The molecule has 2 rings (SSSR count). The predicted octanol–water partition coefficient (Wildman–Crippen LogP) is 1.27. The number of rotatable bonds is 3. The average Bonchev–Trinajstić information content (AvgIpc) is 2.63. The van der Waals surface area contributed by atoms with Gasteiger partial charge in [0.1, 0.15) is 0 Å². The Morgan fingerprint density at radius 3 is 2.88 bits per heavy atom. The van der Waals surface area contributed by atoms with Gasteiger partial charge in [0, 0.05) is 31.7 Å². The molecule has 6 heteroatoms. The Morgan fingerprint density at radius 2 is 2.35 bits per heavy atom. The van der Waals surface area contributed by atoms with E-state index >= 15 is 0 Å². The van der Waals surface area contributed by atoms with E-state index in [1.807, 2.05) is 0 Å². The second-order valence-corrected chi connectivity index (χ2v) is 4.33. The molecule has 1 saturated heterocycles. The van der Waals surface area contributed by atoms with Crippen molar-refractivity contribution in [1.29, 1.82) is 0 Å². The second-order valence-electron chi connectivity index (χ2n) is 4.33. The van der Waals surface area contributed by atoms with Gasteiger partial charge in [-0.2, -0.15) is 4.39 Å². The molecule has 5 nitrogen and oxygen atoms in total. The van der Waals surface area contributed by atoms with Crippen molar-refractivity contribution < 1.29 is 9.31 Å². The fourth-order valence-corrected chi connectivity index (χ4v) is 2.06. The molecule has 1 atom stereocenters. The Balaban J connectivity index is 2.07. The summed E-state index contributed by atoms with van der Waals surface area (Å²) in [5.74, 6) is -0.781. The summed E-state index contributed by atoms with van der Waals surface area (Å²) in [7, 11) is 0. The van der Waals surface area contributed by atoms with Gasteiger partial charge in [-0.25, -0.2) is 0 Å². The van der Waals surface area contributed by atoms with Crippen molar-refractivity contribution in [2.75, 3.05) is 13.1 Å². The van der Waals surface area contributed by atoms with Crippen LogP contribution >= 0.6 is 0 Å². The number of nitrogens with zero attached hydrogens (tertiary/aromatic N) is 2. The summed E-state index contributed by atoms with van der Waals surface area (Å²) in [6.45, 7) is 2.26. The van der Waals surface area contributed by atoms with Gasteiger partial charge in [0.15, 0.2) is 0 Å². The maximum atomic E-state index is 13.4. The monoisotopic (exact) mass is 239 g/mol. The summed E-state index contributed by atoms with van der Waals surface area (Å²) in [6, 6.07) is 4.20. The number of halogens is 1. The highest BCUT2D eigenvalue weighted by Gasteiger charge is 2.20. The molecule has 0 aromatic heterocycles. The molecule has 1 aliphatic heterocycles. The third-order valence-electron chi connectivity index (χ3n) is 2.92. The summed E-state index contributed by atoms with van der Waals surface area (Å²) in [5, 5.41) is 10.5. The second kappa shape index (κ2) is 4.77. The molecule has 0 saturated carbocycles. The zero-order valence-corrected chi connectivity index (χ0v) is 9.30. The van der Waals surface area contributed by atoms with Crippen LogP contribution in [-0.4, -0.2) is 29.0 Å². The van der Waals surface area contributed by atoms with Gasteiger partial charge in [-0.1, -0.05) is 6.07 Å². The van der Waals surface area contributed by atoms with E-state index in [4.69, 9.17) is 5.73 Å². The molecule has 92 valence electrons. The first-order chi connectivity index (χ1) is 8.06. The lowest BCUT2D eigenvalue weighted by Gasteiger charge is -2.14. The molecule has 2 N–H and O–H groups in total. The number of nitrogens with two attached hydrogens (primary N) is 1. The van der Waals surface area contributed by atoms with Crippen molar-refractivity contribution in [3.05, 3.63) is 39.7 Å². The van der Waals surface area contributed by atoms with Crippen LogP contribution in [0.4, 0.5) is 10.1 Å². The smallest absolute Gasteiger partial charge is 0.304 e. The van der Waals surface area contributed by atoms with Gasteiger partial charge in [-0.15, -0.1) is 0 Å². The van der Waals surface area contributed by atoms with Crippen LogP contribution in [0.5, 0.6) is 0 Å². The highest BCUT2D eigenvalue weighted by Crippen LogP contribution is 2.20. The normalized spacial score (nSPS) is 20.7. The van der Waals surface area contributed by atoms with E-state index in [9.17, 15) is 14.5 Å². The first-order valence-electron chi connectivity index (χ1n) is 5.47. The van der Waals surface area contributed by atoms with Crippen molar-refractivity contribution in [3.63, 3.8) is 0 Å². The molecular weight excluding hydrogens is 225 g/mol. The molecule has 1 aliphatic rings. The molecule has 0 spiro atoms. The minimum absolute atomic E-state index is 0.179.